The Labute approximate surface area is 429 Å². The minimum atomic E-state index is -0.787. The number of aromatic hydroxyl groups is 4. The zero-order valence-electron chi connectivity index (χ0n) is 42.4. The van der Waals surface area contributed by atoms with E-state index in [0.717, 1.165) is 104 Å². The normalized spacial score (nSPS) is 15.4. The maximum atomic E-state index is 11.9. The maximum Gasteiger partial charge on any atom is 0.125 e. The second-order valence-corrected chi connectivity index (χ2v) is 20.2. The molecule has 2 aliphatic rings. The fourth-order valence-corrected chi connectivity index (χ4v) is 11.9. The highest BCUT2D eigenvalue weighted by Gasteiger charge is 2.47. The van der Waals surface area contributed by atoms with Gasteiger partial charge in [0.05, 0.1) is 18.6 Å². The SMILES string of the molecule is COCc1cc(C2(c3cc(C)c(O)c(COCC4CCCC(c5cc(C)c(O)c(COc6ccccc6)c5)(c5cc(C)c(O)c(COc6ccccc6)c5)C4)c3)c3ccccc3-c3ccccc32)cc(C)c1O. The molecular weight excluding hydrogens is 909 g/mol. The second kappa shape index (κ2) is 20.5. The molecule has 1 fully saturated rings. The number of fused-ring (bicyclic) bond motifs is 3. The fourth-order valence-electron chi connectivity index (χ4n) is 11.9. The molecule has 4 N–H and O–H groups in total. The van der Waals surface area contributed by atoms with E-state index in [1.54, 1.807) is 7.11 Å². The lowest BCUT2D eigenvalue weighted by atomic mass is 9.61. The third-order valence-corrected chi connectivity index (χ3v) is 15.5. The van der Waals surface area contributed by atoms with Gasteiger partial charge in [-0.1, -0.05) is 116 Å². The molecule has 0 aliphatic heterocycles. The summed E-state index contributed by atoms with van der Waals surface area (Å²) in [6, 6.07) is 53.2. The van der Waals surface area contributed by atoms with Crippen LogP contribution in [0, 0.1) is 33.6 Å². The highest BCUT2D eigenvalue weighted by atomic mass is 16.5. The van der Waals surface area contributed by atoms with Crippen molar-refractivity contribution in [3.05, 3.63) is 236 Å². The fraction of sp³-hybridized carbons (Fsp3) is 0.262. The topological polar surface area (TPSA) is 118 Å². The molecule has 73 heavy (non-hydrogen) atoms. The van der Waals surface area contributed by atoms with Crippen LogP contribution in [0.3, 0.4) is 0 Å². The number of phenols is 4. The highest BCUT2D eigenvalue weighted by molar-refractivity contribution is 5.86. The zero-order valence-corrected chi connectivity index (χ0v) is 42.4. The van der Waals surface area contributed by atoms with E-state index in [9.17, 15) is 20.4 Å². The molecule has 0 aromatic heterocycles. The number of aryl methyl sites for hydroxylation is 4. The molecule has 1 atom stereocenters. The molecule has 0 heterocycles. The van der Waals surface area contributed by atoms with Gasteiger partial charge < -0.3 is 39.4 Å². The third kappa shape index (κ3) is 9.19. The van der Waals surface area contributed by atoms with Crippen molar-refractivity contribution in [2.75, 3.05) is 13.7 Å². The van der Waals surface area contributed by atoms with Gasteiger partial charge in [0, 0.05) is 41.4 Å². The molecule has 1 saturated carbocycles. The van der Waals surface area contributed by atoms with E-state index in [1.165, 1.54) is 0 Å². The Balaban J connectivity index is 1.01. The monoisotopic (exact) mass is 972 g/mol. The molecule has 1 unspecified atom stereocenters. The van der Waals surface area contributed by atoms with E-state index in [0.29, 0.717) is 28.9 Å². The van der Waals surface area contributed by atoms with E-state index >= 15 is 0 Å². The van der Waals surface area contributed by atoms with Gasteiger partial charge in [0.2, 0.25) is 0 Å². The Morgan fingerprint density at radius 1 is 0.466 bits per heavy atom. The number of methoxy groups -OCH3 is 1. The quantitative estimate of drug-likeness (QED) is 0.0756. The van der Waals surface area contributed by atoms with Crippen LogP contribution in [0.25, 0.3) is 11.1 Å². The number of ether oxygens (including phenoxy) is 4. The molecule has 8 aromatic rings. The Morgan fingerprint density at radius 3 is 1.33 bits per heavy atom. The molecule has 372 valence electrons. The maximum absolute atomic E-state index is 11.9. The minimum Gasteiger partial charge on any atom is -0.507 e. The predicted molar refractivity (Wildman–Crippen MR) is 287 cm³/mol. The standard InChI is InChI=1S/C65H64O8/c1-41-27-50(31-48(62(41)68)39-72-54-18-8-6-9-19-54)64(51-28-42(2)63(69)49(32-51)40-73-55-20-10-7-11-21-55)26-16-17-45(35-64)36-71-38-47-34-53(30-44(4)61(47)67)65(52-29-43(3)60(66)46(33-52)37-70-5)58-24-14-12-22-56(58)57-23-13-15-25-59(57)65/h6-15,18-25,27-34,45,66-69H,16-17,26,35-40H2,1-5H3. The first-order chi connectivity index (χ1) is 35.4. The first-order valence-electron chi connectivity index (χ1n) is 25.3. The summed E-state index contributed by atoms with van der Waals surface area (Å²) in [4.78, 5) is 0. The Hall–Kier alpha value is -7.52. The van der Waals surface area contributed by atoms with Crippen LogP contribution < -0.4 is 9.47 Å². The Morgan fingerprint density at radius 2 is 0.863 bits per heavy atom. The van der Waals surface area contributed by atoms with Gasteiger partial charge in [-0.05, 0) is 168 Å². The molecular formula is C65H64O8. The van der Waals surface area contributed by atoms with Crippen LogP contribution in [-0.4, -0.2) is 34.1 Å². The summed E-state index contributed by atoms with van der Waals surface area (Å²) >= 11 is 0. The molecule has 0 radical (unpaired) electrons. The van der Waals surface area contributed by atoms with Crippen molar-refractivity contribution in [1.29, 1.82) is 0 Å². The summed E-state index contributed by atoms with van der Waals surface area (Å²) in [5, 5.41) is 46.2. The molecule has 8 nitrogen and oxygen atoms in total. The molecule has 8 aromatic carbocycles. The van der Waals surface area contributed by atoms with Crippen molar-refractivity contribution in [1.82, 2.24) is 0 Å². The summed E-state index contributed by atoms with van der Waals surface area (Å²) in [5.41, 5.74) is 13.2. The lowest BCUT2D eigenvalue weighted by Gasteiger charge is -2.43. The zero-order chi connectivity index (χ0) is 50.9. The highest BCUT2D eigenvalue weighted by Crippen LogP contribution is 2.57. The Kier molecular flexibility index (Phi) is 13.8. The van der Waals surface area contributed by atoms with E-state index in [1.807, 2.05) is 88.4 Å². The number of benzene rings is 8. The minimum absolute atomic E-state index is 0.121. The first kappa shape index (κ1) is 49.1. The van der Waals surface area contributed by atoms with Crippen LogP contribution in [0.5, 0.6) is 34.5 Å². The van der Waals surface area contributed by atoms with Crippen molar-refractivity contribution in [3.8, 4) is 45.6 Å². The van der Waals surface area contributed by atoms with Gasteiger partial charge in [0.1, 0.15) is 47.7 Å². The van der Waals surface area contributed by atoms with E-state index in [4.69, 9.17) is 18.9 Å². The van der Waals surface area contributed by atoms with Crippen molar-refractivity contribution < 1.29 is 39.4 Å². The van der Waals surface area contributed by atoms with Crippen molar-refractivity contribution in [2.45, 2.75) is 90.6 Å². The summed E-state index contributed by atoms with van der Waals surface area (Å²) in [7, 11) is 1.64. The van der Waals surface area contributed by atoms with Crippen LogP contribution in [0.4, 0.5) is 0 Å². The number of phenolic OH excluding ortho intramolecular Hbond substituents is 4. The molecule has 0 bridgehead atoms. The van der Waals surface area contributed by atoms with Gasteiger partial charge >= 0.3 is 0 Å². The number of hydrogen-bond donors (Lipinski definition) is 4. The van der Waals surface area contributed by atoms with Crippen molar-refractivity contribution in [3.63, 3.8) is 0 Å². The largest absolute Gasteiger partial charge is 0.507 e. The van der Waals surface area contributed by atoms with Gasteiger partial charge in [-0.25, -0.2) is 0 Å². The average molecular weight is 973 g/mol. The van der Waals surface area contributed by atoms with Gasteiger partial charge in [-0.2, -0.15) is 0 Å². The van der Waals surface area contributed by atoms with Crippen LogP contribution in [-0.2, 0) is 46.7 Å². The molecule has 0 amide bonds. The second-order valence-electron chi connectivity index (χ2n) is 20.2. The Bertz CT molecular complexity index is 3140. The lowest BCUT2D eigenvalue weighted by molar-refractivity contribution is 0.0615. The summed E-state index contributed by atoms with van der Waals surface area (Å²) in [6.07, 6.45) is 3.43. The van der Waals surface area contributed by atoms with E-state index < -0.39 is 10.8 Å². The van der Waals surface area contributed by atoms with Gasteiger partial charge in [-0.15, -0.1) is 0 Å². The van der Waals surface area contributed by atoms with Gasteiger partial charge in [0.15, 0.2) is 0 Å². The van der Waals surface area contributed by atoms with Gasteiger partial charge in [-0.3, -0.25) is 0 Å². The predicted octanol–water partition coefficient (Wildman–Crippen LogP) is 14.1. The number of para-hydroxylation sites is 2. The van der Waals surface area contributed by atoms with E-state index in [-0.39, 0.29) is 55.3 Å². The van der Waals surface area contributed by atoms with Crippen LogP contribution in [0.2, 0.25) is 0 Å². The molecule has 2 aliphatic carbocycles. The third-order valence-electron chi connectivity index (χ3n) is 15.5. The van der Waals surface area contributed by atoms with E-state index in [2.05, 4.69) is 97.1 Å². The first-order valence-corrected chi connectivity index (χ1v) is 25.3. The molecule has 8 heteroatoms. The van der Waals surface area contributed by atoms with Crippen LogP contribution in [0.1, 0.15) is 104 Å². The summed E-state index contributed by atoms with van der Waals surface area (Å²) in [6.45, 7) is 9.05. The molecule has 0 spiro atoms. The van der Waals surface area contributed by atoms with Crippen LogP contribution in [0.15, 0.2) is 158 Å². The molecule has 10 rings (SSSR count). The summed E-state index contributed by atoms with van der Waals surface area (Å²) in [5.74, 6) is 2.41. The molecule has 0 saturated heterocycles. The smallest absolute Gasteiger partial charge is 0.125 e. The van der Waals surface area contributed by atoms with Gasteiger partial charge in [0.25, 0.3) is 0 Å². The van der Waals surface area contributed by atoms with Crippen molar-refractivity contribution in [2.24, 2.45) is 5.92 Å². The summed E-state index contributed by atoms with van der Waals surface area (Å²) < 4.78 is 24.9. The number of hydrogen-bond acceptors (Lipinski definition) is 8. The van der Waals surface area contributed by atoms with Crippen molar-refractivity contribution >= 4 is 0 Å². The average Bonchev–Trinajstić information content (AvgIpc) is 3.71. The lowest BCUT2D eigenvalue weighted by Crippen LogP contribution is -2.36. The van der Waals surface area contributed by atoms with Crippen LogP contribution >= 0.6 is 0 Å². The number of rotatable bonds is 16.